The summed E-state index contributed by atoms with van der Waals surface area (Å²) in [6.07, 6.45) is 0. The molecule has 0 aliphatic heterocycles. The summed E-state index contributed by atoms with van der Waals surface area (Å²) in [6.45, 7) is 51.7. The van der Waals surface area contributed by atoms with Crippen LogP contribution in [0.2, 0.25) is 0 Å². The van der Waals surface area contributed by atoms with Crippen LogP contribution in [0.5, 0.6) is 0 Å². The van der Waals surface area contributed by atoms with Crippen molar-refractivity contribution in [1.82, 2.24) is 40.8 Å². The molecule has 0 spiro atoms. The Morgan fingerprint density at radius 2 is 0.375 bits per heavy atom. The quantitative estimate of drug-likeness (QED) is 0.160. The van der Waals surface area contributed by atoms with Crippen LogP contribution in [0.1, 0.15) is 212 Å². The minimum Gasteiger partial charge on any atom is -0.578 e. The van der Waals surface area contributed by atoms with E-state index in [2.05, 4.69) is 231 Å². The van der Waals surface area contributed by atoms with Gasteiger partial charge < -0.3 is 40.8 Å². The van der Waals surface area contributed by atoms with E-state index in [9.17, 15) is 0 Å². The van der Waals surface area contributed by atoms with E-state index in [1.165, 1.54) is 0 Å². The van der Waals surface area contributed by atoms with Crippen molar-refractivity contribution in [3.8, 4) is 0 Å². The van der Waals surface area contributed by atoms with Gasteiger partial charge in [-0.15, -0.1) is 22.8 Å². The minimum absolute atomic E-state index is 0. The van der Waals surface area contributed by atoms with Crippen molar-refractivity contribution in [3.05, 3.63) is 69.8 Å². The van der Waals surface area contributed by atoms with Crippen molar-refractivity contribution in [2.24, 2.45) is 0 Å². The Hall–Kier alpha value is -1.08. The second-order valence-corrected chi connectivity index (χ2v) is 22.5. The van der Waals surface area contributed by atoms with Crippen LogP contribution >= 0.6 is 0 Å². The van der Waals surface area contributed by atoms with E-state index in [0.29, 0.717) is 0 Å². The summed E-state index contributed by atoms with van der Waals surface area (Å²) in [6, 6.07) is 8.44. The first-order valence-corrected chi connectivity index (χ1v) is 18.9. The van der Waals surface area contributed by atoms with Gasteiger partial charge >= 0.3 is 68.3 Å². The van der Waals surface area contributed by atoms with E-state index < -0.39 is 0 Å². The molecule has 0 saturated heterocycles. The maximum Gasteiger partial charge on any atom is 1.00 e. The molecule has 12 heteroatoms. The average Bonchev–Trinajstić information content (AvgIpc) is 3.72. The molecule has 4 heterocycles. The zero-order valence-electron chi connectivity index (χ0n) is 39.1. The first kappa shape index (κ1) is 61.6. The van der Waals surface area contributed by atoms with Crippen LogP contribution in [0.3, 0.4) is 0 Å². The number of rotatable bonds is 0. The summed E-state index contributed by atoms with van der Waals surface area (Å²) in [4.78, 5) is 0. The molecule has 0 unspecified atom stereocenters. The van der Waals surface area contributed by atoms with Gasteiger partial charge in [-0.1, -0.05) is 190 Å². The van der Waals surface area contributed by atoms with Crippen LogP contribution in [-0.2, 0) is 112 Å². The van der Waals surface area contributed by atoms with Crippen LogP contribution in [-0.4, -0.2) is 20.4 Å². The number of hydrogen-bond acceptors (Lipinski definition) is 4. The van der Waals surface area contributed by atoms with Gasteiger partial charge in [-0.2, -0.15) is 0 Å². The molecule has 0 saturated carbocycles. The van der Waals surface area contributed by atoms with Gasteiger partial charge in [0.15, 0.2) is 0 Å². The number of hydrogen-bond donors (Lipinski definition) is 0. The molecule has 8 nitrogen and oxygen atoms in total. The van der Waals surface area contributed by atoms with E-state index >= 15 is 0 Å². The van der Waals surface area contributed by atoms with Crippen molar-refractivity contribution in [2.45, 2.75) is 209 Å². The van der Waals surface area contributed by atoms with E-state index in [-0.39, 0.29) is 112 Å². The molecule has 0 fully saturated rings. The molecule has 0 radical (unpaired) electrons. The summed E-state index contributed by atoms with van der Waals surface area (Å²) in [5, 5.41) is 33.6. The van der Waals surface area contributed by atoms with Crippen LogP contribution < -0.4 is 20.4 Å². The summed E-state index contributed by atoms with van der Waals surface area (Å²) in [5.74, 6) is 0. The second-order valence-electron chi connectivity index (χ2n) is 22.5. The Labute approximate surface area is 385 Å². The van der Waals surface area contributed by atoms with Gasteiger partial charge in [0.25, 0.3) is 0 Å². The first-order chi connectivity index (χ1) is 22.8. The number of nitrogens with zero attached hydrogens (tertiary/aromatic N) is 8. The minimum atomic E-state index is 0. The summed E-state index contributed by atoms with van der Waals surface area (Å²) >= 11 is 0. The molecule has 0 bridgehead atoms. The zero-order chi connectivity index (χ0) is 41.1. The maximum atomic E-state index is 4.20. The topological polar surface area (TPSA) is 108 Å². The van der Waals surface area contributed by atoms with Crippen LogP contribution in [0, 0.1) is 0 Å². The average molecular weight is 971 g/mol. The van der Waals surface area contributed by atoms with Crippen LogP contribution in [0.15, 0.2) is 24.3 Å². The molecule has 0 aromatic carbocycles. The molecule has 0 aliphatic carbocycles. The SMILES string of the molecule is CC(C)(C)c1cc(C(C)(C)C)[n-]n1.CC(C)(C)c1cc(C(C)(C)C)[n-]n1.CC(C)(C)c1cc(C(C)(C)C)[n-]n1.CC(C)(C)c1cc(C(C)(C)C)[n-]n1.[Cu+].[Cu+].[Cu+].[Cu+]. The number of aromatic nitrogens is 8. The molecule has 4 aromatic rings. The molecular weight excluding hydrogens is 895 g/mol. The second kappa shape index (κ2) is 22.0. The van der Waals surface area contributed by atoms with E-state index in [1.54, 1.807) is 0 Å². The molecule has 0 N–H and O–H groups in total. The van der Waals surface area contributed by atoms with Gasteiger partial charge in [-0.3, -0.25) is 0 Å². The van der Waals surface area contributed by atoms with E-state index in [1.807, 2.05) is 0 Å². The standard InChI is InChI=1S/4C11H19N2.4Cu/c4*1-10(2,3)8-7-9(13-12-8)11(4,5)6;;;;/h4*7H,1-6H3;;;;/q4*-1;4*+1. The smallest absolute Gasteiger partial charge is 0.578 e. The van der Waals surface area contributed by atoms with Crippen molar-refractivity contribution in [2.75, 3.05) is 0 Å². The normalized spacial score (nSPS) is 12.4. The third kappa shape index (κ3) is 20.7. The Kier molecular flexibility index (Phi) is 24.1. The Morgan fingerprint density at radius 1 is 0.250 bits per heavy atom. The molecular formula is C44H76Cu4N8. The third-order valence-corrected chi connectivity index (χ3v) is 8.30. The Bertz CT molecular complexity index is 1290. The van der Waals surface area contributed by atoms with E-state index in [0.717, 1.165) is 45.6 Å². The predicted octanol–water partition coefficient (Wildman–Crippen LogP) is 10.5. The molecule has 0 atom stereocenters. The van der Waals surface area contributed by atoms with Crippen LogP contribution in [0.4, 0.5) is 0 Å². The van der Waals surface area contributed by atoms with Gasteiger partial charge in [0, 0.05) is 44.4 Å². The fourth-order valence-corrected chi connectivity index (χ4v) is 4.11. The van der Waals surface area contributed by atoms with E-state index in [4.69, 9.17) is 0 Å². The van der Waals surface area contributed by atoms with Gasteiger partial charge in [0.1, 0.15) is 0 Å². The predicted molar refractivity (Wildman–Crippen MR) is 220 cm³/mol. The van der Waals surface area contributed by atoms with Crippen molar-refractivity contribution < 1.29 is 68.3 Å². The fourth-order valence-electron chi connectivity index (χ4n) is 4.11. The molecule has 0 amide bonds. The zero-order valence-corrected chi connectivity index (χ0v) is 42.9. The van der Waals surface area contributed by atoms with Gasteiger partial charge in [0.2, 0.25) is 0 Å². The monoisotopic (exact) mass is 968 g/mol. The first-order valence-electron chi connectivity index (χ1n) is 18.9. The largest absolute Gasteiger partial charge is 1.00 e. The maximum absolute atomic E-state index is 4.20. The third-order valence-electron chi connectivity index (χ3n) is 8.30. The van der Waals surface area contributed by atoms with Gasteiger partial charge in [-0.05, 0) is 21.7 Å². The molecule has 56 heavy (non-hydrogen) atoms. The summed E-state index contributed by atoms with van der Waals surface area (Å²) < 4.78 is 0. The Morgan fingerprint density at radius 3 is 0.429 bits per heavy atom. The van der Waals surface area contributed by atoms with Crippen LogP contribution in [0.25, 0.3) is 0 Å². The summed E-state index contributed by atoms with van der Waals surface area (Å²) in [7, 11) is 0. The van der Waals surface area contributed by atoms with Crippen molar-refractivity contribution in [3.63, 3.8) is 0 Å². The van der Waals surface area contributed by atoms with Crippen molar-refractivity contribution in [1.29, 1.82) is 0 Å². The summed E-state index contributed by atoms with van der Waals surface area (Å²) in [5.41, 5.74) is 9.51. The molecule has 4 rings (SSSR count). The van der Waals surface area contributed by atoms with Gasteiger partial charge in [0.05, 0.1) is 0 Å². The molecule has 4 aromatic heterocycles. The van der Waals surface area contributed by atoms with Crippen molar-refractivity contribution >= 4 is 0 Å². The molecule has 0 aliphatic rings. The van der Waals surface area contributed by atoms with Gasteiger partial charge in [-0.25, -0.2) is 0 Å². The fraction of sp³-hybridized carbons (Fsp3) is 0.727. The Balaban J connectivity index is -0.000000314. The molecule has 336 valence electrons.